The van der Waals surface area contributed by atoms with Crippen LogP contribution in [0, 0.1) is 20.8 Å². The molecule has 0 saturated carbocycles. The summed E-state index contributed by atoms with van der Waals surface area (Å²) in [5.74, 6) is 0.500. The van der Waals surface area contributed by atoms with Gasteiger partial charge in [0.05, 0.1) is 0 Å². The third kappa shape index (κ3) is 1.98. The maximum atomic E-state index is 13.2. The molecule has 1 aliphatic heterocycles. The Balaban J connectivity index is 2.12. The standard InChI is InChI=1S/C21H18O2S/c1-13-11-14(2)19-17(12-13)21(20(22)23-19,16-7-5-4-6-8-16)18-10-9-15(3)24-18/h4-12H,1-3H3. The zero-order chi connectivity index (χ0) is 16.9. The number of thiophene rings is 1. The van der Waals surface area contributed by atoms with Gasteiger partial charge in [0.2, 0.25) is 0 Å². The molecule has 0 spiro atoms. The zero-order valence-electron chi connectivity index (χ0n) is 13.9. The summed E-state index contributed by atoms with van der Waals surface area (Å²) < 4.78 is 5.79. The summed E-state index contributed by atoms with van der Waals surface area (Å²) in [4.78, 5) is 15.4. The highest BCUT2D eigenvalue weighted by Gasteiger charge is 2.53. The van der Waals surface area contributed by atoms with Crippen molar-refractivity contribution in [2.75, 3.05) is 0 Å². The van der Waals surface area contributed by atoms with E-state index < -0.39 is 5.41 Å². The summed E-state index contributed by atoms with van der Waals surface area (Å²) in [6, 6.07) is 18.2. The summed E-state index contributed by atoms with van der Waals surface area (Å²) >= 11 is 1.66. The Hall–Kier alpha value is -2.39. The average Bonchev–Trinajstić information content (AvgIpc) is 3.10. The maximum Gasteiger partial charge on any atom is 0.332 e. The molecule has 3 aromatic rings. The highest BCUT2D eigenvalue weighted by atomic mass is 32.1. The lowest BCUT2D eigenvalue weighted by molar-refractivity contribution is -0.135. The van der Waals surface area contributed by atoms with Crippen molar-refractivity contribution in [3.05, 3.63) is 86.6 Å². The molecule has 2 aromatic carbocycles. The van der Waals surface area contributed by atoms with Gasteiger partial charge in [-0.1, -0.05) is 48.0 Å². The van der Waals surface area contributed by atoms with Crippen LogP contribution in [0.25, 0.3) is 0 Å². The third-order valence-electron chi connectivity index (χ3n) is 4.64. The molecule has 3 heteroatoms. The van der Waals surface area contributed by atoms with E-state index in [4.69, 9.17) is 4.74 Å². The van der Waals surface area contributed by atoms with Crippen LogP contribution in [0.15, 0.2) is 54.6 Å². The van der Waals surface area contributed by atoms with E-state index in [2.05, 4.69) is 38.1 Å². The second-order valence-electron chi connectivity index (χ2n) is 6.37. The Morgan fingerprint density at radius 2 is 1.71 bits per heavy atom. The summed E-state index contributed by atoms with van der Waals surface area (Å²) in [7, 11) is 0. The van der Waals surface area contributed by atoms with Crippen LogP contribution in [-0.2, 0) is 10.2 Å². The van der Waals surface area contributed by atoms with Gasteiger partial charge in [-0.05, 0) is 44.0 Å². The molecule has 2 nitrogen and oxygen atoms in total. The molecule has 2 heterocycles. The van der Waals surface area contributed by atoms with Crippen LogP contribution in [0.4, 0.5) is 0 Å². The molecule has 24 heavy (non-hydrogen) atoms. The molecular formula is C21H18O2S. The van der Waals surface area contributed by atoms with Gasteiger partial charge in [0.1, 0.15) is 5.75 Å². The van der Waals surface area contributed by atoms with Crippen LogP contribution in [0.2, 0.25) is 0 Å². The predicted octanol–water partition coefficient (Wildman–Crippen LogP) is 4.93. The van der Waals surface area contributed by atoms with Gasteiger partial charge < -0.3 is 4.74 Å². The first-order valence-corrected chi connectivity index (χ1v) is 8.81. The van der Waals surface area contributed by atoms with Crippen LogP contribution >= 0.6 is 11.3 Å². The molecule has 1 atom stereocenters. The fourth-order valence-electron chi connectivity index (χ4n) is 3.62. The summed E-state index contributed by atoms with van der Waals surface area (Å²) in [5.41, 5.74) is 3.19. The van der Waals surface area contributed by atoms with Crippen molar-refractivity contribution in [2.45, 2.75) is 26.2 Å². The molecular weight excluding hydrogens is 316 g/mol. The van der Waals surface area contributed by atoms with Crippen molar-refractivity contribution in [3.8, 4) is 5.75 Å². The Labute approximate surface area is 145 Å². The summed E-state index contributed by atoms with van der Waals surface area (Å²) in [6.45, 7) is 6.13. The summed E-state index contributed by atoms with van der Waals surface area (Å²) in [6.07, 6.45) is 0. The van der Waals surface area contributed by atoms with Crippen molar-refractivity contribution in [1.82, 2.24) is 0 Å². The van der Waals surface area contributed by atoms with Crippen LogP contribution in [-0.4, -0.2) is 5.97 Å². The number of rotatable bonds is 2. The monoisotopic (exact) mass is 334 g/mol. The number of hydrogen-bond donors (Lipinski definition) is 0. The van der Waals surface area contributed by atoms with E-state index in [0.717, 1.165) is 27.1 Å². The van der Waals surface area contributed by atoms with Crippen molar-refractivity contribution >= 4 is 17.3 Å². The largest absolute Gasteiger partial charge is 0.425 e. The van der Waals surface area contributed by atoms with E-state index in [0.29, 0.717) is 5.75 Å². The maximum absolute atomic E-state index is 13.2. The molecule has 1 unspecified atom stereocenters. The van der Waals surface area contributed by atoms with E-state index in [1.54, 1.807) is 11.3 Å². The normalized spacial score (nSPS) is 19.2. The van der Waals surface area contributed by atoms with E-state index in [-0.39, 0.29) is 5.97 Å². The predicted molar refractivity (Wildman–Crippen MR) is 96.9 cm³/mol. The molecule has 0 N–H and O–H groups in total. The number of hydrogen-bond acceptors (Lipinski definition) is 3. The van der Waals surface area contributed by atoms with Gasteiger partial charge in [0, 0.05) is 15.3 Å². The summed E-state index contributed by atoms with van der Waals surface area (Å²) in [5, 5.41) is 0. The Bertz CT molecular complexity index is 940. The first kappa shape index (κ1) is 15.2. The number of carbonyl (C=O) groups excluding carboxylic acids is 1. The van der Waals surface area contributed by atoms with Crippen LogP contribution in [0.3, 0.4) is 0 Å². The van der Waals surface area contributed by atoms with Gasteiger partial charge in [0.25, 0.3) is 0 Å². The highest BCUT2D eigenvalue weighted by molar-refractivity contribution is 7.12. The van der Waals surface area contributed by atoms with Crippen LogP contribution in [0.1, 0.15) is 32.0 Å². The minimum absolute atomic E-state index is 0.209. The van der Waals surface area contributed by atoms with Gasteiger partial charge in [-0.25, -0.2) is 4.79 Å². The van der Waals surface area contributed by atoms with Gasteiger partial charge in [-0.15, -0.1) is 11.3 Å². The molecule has 120 valence electrons. The van der Waals surface area contributed by atoms with Gasteiger partial charge in [0.15, 0.2) is 5.41 Å². The fraction of sp³-hybridized carbons (Fsp3) is 0.190. The number of esters is 1. The minimum Gasteiger partial charge on any atom is -0.425 e. The lowest BCUT2D eigenvalue weighted by Crippen LogP contribution is -2.35. The topological polar surface area (TPSA) is 26.3 Å². The number of ether oxygens (including phenoxy) is 1. The van der Waals surface area contributed by atoms with Crippen molar-refractivity contribution < 1.29 is 9.53 Å². The quantitative estimate of drug-likeness (QED) is 0.491. The molecule has 0 bridgehead atoms. The SMILES string of the molecule is Cc1cc(C)c2c(c1)C(c1ccccc1)(c1ccc(C)s1)C(=O)O2. The molecule has 1 aromatic heterocycles. The van der Waals surface area contributed by atoms with Crippen molar-refractivity contribution in [2.24, 2.45) is 0 Å². The smallest absolute Gasteiger partial charge is 0.332 e. The lowest BCUT2D eigenvalue weighted by atomic mass is 9.73. The zero-order valence-corrected chi connectivity index (χ0v) is 14.7. The molecule has 4 rings (SSSR count). The Morgan fingerprint density at radius 1 is 0.958 bits per heavy atom. The molecule has 0 aliphatic carbocycles. The van der Waals surface area contributed by atoms with Gasteiger partial charge >= 0.3 is 5.97 Å². The fourth-order valence-corrected chi connectivity index (χ4v) is 4.70. The third-order valence-corrected chi connectivity index (χ3v) is 5.76. The second kappa shape index (κ2) is 5.32. The van der Waals surface area contributed by atoms with E-state index in [1.807, 2.05) is 37.3 Å². The molecule has 0 saturated heterocycles. The van der Waals surface area contributed by atoms with E-state index in [9.17, 15) is 4.79 Å². The number of fused-ring (bicyclic) bond motifs is 1. The number of benzene rings is 2. The van der Waals surface area contributed by atoms with Crippen LogP contribution < -0.4 is 4.74 Å². The van der Waals surface area contributed by atoms with Crippen molar-refractivity contribution in [3.63, 3.8) is 0 Å². The minimum atomic E-state index is -0.869. The Kier molecular flexibility index (Phi) is 3.36. The van der Waals surface area contributed by atoms with E-state index >= 15 is 0 Å². The molecule has 1 aliphatic rings. The number of aryl methyl sites for hydroxylation is 3. The van der Waals surface area contributed by atoms with Crippen molar-refractivity contribution in [1.29, 1.82) is 0 Å². The average molecular weight is 334 g/mol. The van der Waals surface area contributed by atoms with E-state index in [1.165, 1.54) is 4.88 Å². The lowest BCUT2D eigenvalue weighted by Gasteiger charge is -2.26. The second-order valence-corrected chi connectivity index (χ2v) is 7.66. The van der Waals surface area contributed by atoms with Gasteiger partial charge in [-0.2, -0.15) is 0 Å². The van der Waals surface area contributed by atoms with Gasteiger partial charge in [-0.3, -0.25) is 0 Å². The first-order chi connectivity index (χ1) is 11.5. The molecule has 0 amide bonds. The highest BCUT2D eigenvalue weighted by Crippen LogP contribution is 2.52. The Morgan fingerprint density at radius 3 is 2.38 bits per heavy atom. The molecule has 0 fully saturated rings. The molecule has 0 radical (unpaired) electrons. The van der Waals surface area contributed by atoms with Crippen LogP contribution in [0.5, 0.6) is 5.75 Å². The number of carbonyl (C=O) groups is 1. The first-order valence-electron chi connectivity index (χ1n) is 8.00.